The topological polar surface area (TPSA) is 92.2 Å². The Hall–Kier alpha value is -2.45. The van der Waals surface area contributed by atoms with Gasteiger partial charge in [0.25, 0.3) is 0 Å². The highest BCUT2D eigenvalue weighted by molar-refractivity contribution is 6.31. The lowest BCUT2D eigenvalue weighted by molar-refractivity contribution is -0.123. The number of hydrogen-bond donors (Lipinski definition) is 2. The molecule has 0 aliphatic rings. The van der Waals surface area contributed by atoms with Gasteiger partial charge in [0, 0.05) is 11.6 Å². The van der Waals surface area contributed by atoms with Crippen LogP contribution in [-0.4, -0.2) is 57.7 Å². The molecule has 2 aromatic rings. The van der Waals surface area contributed by atoms with E-state index in [1.54, 1.807) is 29.2 Å². The molecule has 0 aliphatic carbocycles. The molecular weight excluding hydrogens is 368 g/mol. The first-order valence-corrected chi connectivity index (χ1v) is 9.34. The van der Waals surface area contributed by atoms with Crippen LogP contribution in [0.25, 0.3) is 5.69 Å². The molecule has 0 fully saturated rings. The summed E-state index contributed by atoms with van der Waals surface area (Å²) < 4.78 is 1.55. The molecule has 2 amide bonds. The van der Waals surface area contributed by atoms with Gasteiger partial charge in [-0.3, -0.25) is 14.5 Å². The first-order valence-electron chi connectivity index (χ1n) is 8.97. The van der Waals surface area contributed by atoms with Crippen molar-refractivity contribution in [1.29, 1.82) is 0 Å². The third-order valence-electron chi connectivity index (χ3n) is 3.74. The highest BCUT2D eigenvalue weighted by Gasteiger charge is 2.16. The Morgan fingerprint density at radius 3 is 2.63 bits per heavy atom. The molecule has 9 heteroatoms. The summed E-state index contributed by atoms with van der Waals surface area (Å²) in [4.78, 5) is 30.3. The number of hydrogen-bond acceptors (Lipinski definition) is 5. The molecule has 0 aliphatic heterocycles. The summed E-state index contributed by atoms with van der Waals surface area (Å²) in [5.74, 6) is -0.306. The van der Waals surface area contributed by atoms with Gasteiger partial charge < -0.3 is 10.6 Å². The zero-order valence-corrected chi connectivity index (χ0v) is 16.4. The van der Waals surface area contributed by atoms with Gasteiger partial charge in [0.2, 0.25) is 11.8 Å². The van der Waals surface area contributed by atoms with Gasteiger partial charge in [-0.15, -0.1) is 0 Å². The lowest BCUT2D eigenvalue weighted by Gasteiger charge is -2.21. The molecule has 0 spiro atoms. The predicted octanol–water partition coefficient (Wildman–Crippen LogP) is 2.10. The van der Waals surface area contributed by atoms with Gasteiger partial charge in [0.1, 0.15) is 12.7 Å². The molecule has 0 bridgehead atoms. The van der Waals surface area contributed by atoms with Crippen LogP contribution in [0.4, 0.5) is 5.69 Å². The summed E-state index contributed by atoms with van der Waals surface area (Å²) in [6, 6.07) is 5.14. The SMILES string of the molecule is CCCNC(=O)CN(CCC)CC(=O)Nc1cc(Cl)ccc1-n1cncn1. The Kier molecular flexibility index (Phi) is 8.22. The minimum atomic E-state index is -0.227. The molecule has 0 saturated carbocycles. The summed E-state index contributed by atoms with van der Waals surface area (Å²) in [6.07, 6.45) is 4.67. The second kappa shape index (κ2) is 10.6. The molecule has 0 atom stereocenters. The van der Waals surface area contributed by atoms with Crippen LogP contribution in [0.1, 0.15) is 26.7 Å². The van der Waals surface area contributed by atoms with Crippen molar-refractivity contribution in [2.75, 3.05) is 31.5 Å². The summed E-state index contributed by atoms with van der Waals surface area (Å²) >= 11 is 6.07. The Morgan fingerprint density at radius 1 is 1.19 bits per heavy atom. The van der Waals surface area contributed by atoms with Crippen LogP contribution < -0.4 is 10.6 Å². The smallest absolute Gasteiger partial charge is 0.238 e. The number of anilines is 1. The number of halogens is 1. The number of benzene rings is 1. The maximum absolute atomic E-state index is 12.6. The molecule has 0 unspecified atom stereocenters. The highest BCUT2D eigenvalue weighted by Crippen LogP contribution is 2.23. The molecule has 2 rings (SSSR count). The maximum Gasteiger partial charge on any atom is 0.238 e. The monoisotopic (exact) mass is 392 g/mol. The number of amides is 2. The van der Waals surface area contributed by atoms with Crippen molar-refractivity contribution in [1.82, 2.24) is 25.0 Å². The van der Waals surface area contributed by atoms with E-state index in [1.165, 1.54) is 6.33 Å². The molecule has 146 valence electrons. The van der Waals surface area contributed by atoms with E-state index in [0.717, 1.165) is 12.8 Å². The molecule has 1 heterocycles. The van der Waals surface area contributed by atoms with Crippen LogP contribution in [0.5, 0.6) is 0 Å². The standard InChI is InChI=1S/C18H25ClN6O2/c1-3-7-21-17(26)10-24(8-4-2)11-18(27)23-15-9-14(19)5-6-16(15)25-13-20-12-22-25/h5-6,9,12-13H,3-4,7-8,10-11H2,1-2H3,(H,21,26)(H,23,27). The van der Waals surface area contributed by atoms with Crippen molar-refractivity contribution < 1.29 is 9.59 Å². The third kappa shape index (κ3) is 6.65. The molecular formula is C18H25ClN6O2. The second-order valence-corrected chi connectivity index (χ2v) is 6.55. The van der Waals surface area contributed by atoms with Gasteiger partial charge >= 0.3 is 0 Å². The largest absolute Gasteiger partial charge is 0.355 e. The molecule has 27 heavy (non-hydrogen) atoms. The molecule has 0 radical (unpaired) electrons. The fraction of sp³-hybridized carbons (Fsp3) is 0.444. The molecule has 1 aromatic heterocycles. The normalized spacial score (nSPS) is 10.8. The Balaban J connectivity index is 2.05. The molecule has 2 N–H and O–H groups in total. The van der Waals surface area contributed by atoms with Crippen LogP contribution in [-0.2, 0) is 9.59 Å². The number of nitrogens with one attached hydrogen (secondary N) is 2. The van der Waals surface area contributed by atoms with Crippen molar-refractivity contribution in [3.63, 3.8) is 0 Å². The third-order valence-corrected chi connectivity index (χ3v) is 3.98. The maximum atomic E-state index is 12.6. The zero-order valence-electron chi connectivity index (χ0n) is 15.6. The van der Waals surface area contributed by atoms with Gasteiger partial charge in [-0.05, 0) is 37.6 Å². The first-order chi connectivity index (χ1) is 13.0. The summed E-state index contributed by atoms with van der Waals surface area (Å²) in [6.45, 7) is 5.58. The van der Waals surface area contributed by atoms with Crippen molar-refractivity contribution in [3.8, 4) is 5.69 Å². The van der Waals surface area contributed by atoms with E-state index >= 15 is 0 Å². The van der Waals surface area contributed by atoms with Gasteiger partial charge in [-0.25, -0.2) is 9.67 Å². The van der Waals surface area contributed by atoms with E-state index in [0.29, 0.717) is 29.5 Å². The highest BCUT2D eigenvalue weighted by atomic mass is 35.5. The Labute approximate surface area is 163 Å². The van der Waals surface area contributed by atoms with Crippen LogP contribution in [0.3, 0.4) is 0 Å². The second-order valence-electron chi connectivity index (χ2n) is 6.11. The van der Waals surface area contributed by atoms with E-state index in [-0.39, 0.29) is 24.9 Å². The van der Waals surface area contributed by atoms with E-state index in [4.69, 9.17) is 11.6 Å². The number of nitrogens with zero attached hydrogens (tertiary/aromatic N) is 4. The van der Waals surface area contributed by atoms with Crippen LogP contribution in [0.15, 0.2) is 30.9 Å². The lowest BCUT2D eigenvalue weighted by atomic mass is 10.2. The van der Waals surface area contributed by atoms with Crippen LogP contribution in [0, 0.1) is 0 Å². The summed E-state index contributed by atoms with van der Waals surface area (Å²) in [5.41, 5.74) is 1.19. The Bertz CT molecular complexity index is 750. The van der Waals surface area contributed by atoms with Crippen LogP contribution >= 0.6 is 11.6 Å². The minimum absolute atomic E-state index is 0.0795. The van der Waals surface area contributed by atoms with E-state index in [2.05, 4.69) is 20.7 Å². The average Bonchev–Trinajstić information content (AvgIpc) is 3.14. The van der Waals surface area contributed by atoms with E-state index < -0.39 is 0 Å². The summed E-state index contributed by atoms with van der Waals surface area (Å²) in [5, 5.41) is 10.3. The number of carbonyl (C=O) groups is 2. The van der Waals surface area contributed by atoms with Gasteiger partial charge in [0.05, 0.1) is 24.5 Å². The van der Waals surface area contributed by atoms with E-state index in [1.807, 2.05) is 18.7 Å². The zero-order chi connectivity index (χ0) is 19.6. The van der Waals surface area contributed by atoms with Crippen molar-refractivity contribution >= 4 is 29.1 Å². The lowest BCUT2D eigenvalue weighted by Crippen LogP contribution is -2.41. The predicted molar refractivity (Wildman–Crippen MR) is 105 cm³/mol. The van der Waals surface area contributed by atoms with Crippen LogP contribution in [0.2, 0.25) is 5.02 Å². The molecule has 0 saturated heterocycles. The number of carbonyl (C=O) groups excluding carboxylic acids is 2. The van der Waals surface area contributed by atoms with Gasteiger partial charge in [-0.2, -0.15) is 5.10 Å². The van der Waals surface area contributed by atoms with Gasteiger partial charge in [-0.1, -0.05) is 25.4 Å². The summed E-state index contributed by atoms with van der Waals surface area (Å²) in [7, 11) is 0. The quantitative estimate of drug-likeness (QED) is 0.646. The van der Waals surface area contributed by atoms with Gasteiger partial charge in [0.15, 0.2) is 0 Å². The fourth-order valence-electron chi connectivity index (χ4n) is 2.59. The average molecular weight is 393 g/mol. The number of rotatable bonds is 10. The van der Waals surface area contributed by atoms with Crippen molar-refractivity contribution in [2.45, 2.75) is 26.7 Å². The molecule has 8 nitrogen and oxygen atoms in total. The fourth-order valence-corrected chi connectivity index (χ4v) is 2.76. The van der Waals surface area contributed by atoms with Crippen molar-refractivity contribution in [2.24, 2.45) is 0 Å². The van der Waals surface area contributed by atoms with E-state index in [9.17, 15) is 9.59 Å². The number of aromatic nitrogens is 3. The van der Waals surface area contributed by atoms with Crippen molar-refractivity contribution in [3.05, 3.63) is 35.9 Å². The first kappa shape index (κ1) is 20.9. The Morgan fingerprint density at radius 2 is 1.96 bits per heavy atom. The molecule has 1 aromatic carbocycles. The minimum Gasteiger partial charge on any atom is -0.355 e.